The van der Waals surface area contributed by atoms with Crippen LogP contribution in [-0.2, 0) is 0 Å². The Hall–Kier alpha value is -1.80. The third-order valence-corrected chi connectivity index (χ3v) is 2.94. The van der Waals surface area contributed by atoms with Gasteiger partial charge in [-0.2, -0.15) is 0 Å². The average Bonchev–Trinajstić information content (AvgIpc) is 2.37. The van der Waals surface area contributed by atoms with E-state index in [-0.39, 0.29) is 11.8 Å². The Morgan fingerprint density at radius 1 is 1.17 bits per heavy atom. The Morgan fingerprint density at radius 3 is 2.67 bits per heavy atom. The summed E-state index contributed by atoms with van der Waals surface area (Å²) in [6, 6.07) is 14.7. The Kier molecular flexibility index (Phi) is 4.00. The summed E-state index contributed by atoms with van der Waals surface area (Å²) in [4.78, 5) is 4.42. The van der Waals surface area contributed by atoms with E-state index in [2.05, 4.69) is 4.99 Å². The lowest BCUT2D eigenvalue weighted by molar-refractivity contribution is 0.474. The van der Waals surface area contributed by atoms with E-state index in [1.165, 1.54) is 0 Å². The summed E-state index contributed by atoms with van der Waals surface area (Å²) in [6.07, 6.45) is 1.68. The largest absolute Gasteiger partial charge is 0.507 e. The van der Waals surface area contributed by atoms with Crippen LogP contribution in [0.3, 0.4) is 0 Å². The first-order valence-electron chi connectivity index (χ1n) is 5.73. The maximum absolute atomic E-state index is 9.63. The van der Waals surface area contributed by atoms with Crippen LogP contribution in [0.5, 0.6) is 5.75 Å². The fourth-order valence-electron chi connectivity index (χ4n) is 1.64. The highest BCUT2D eigenvalue weighted by Crippen LogP contribution is 2.21. The van der Waals surface area contributed by atoms with Gasteiger partial charge in [0, 0.05) is 16.8 Å². The number of hydrogen-bond donors (Lipinski definition) is 1. The summed E-state index contributed by atoms with van der Waals surface area (Å²) in [5, 5.41) is 10.3. The van der Waals surface area contributed by atoms with Gasteiger partial charge < -0.3 is 5.11 Å². The molecule has 18 heavy (non-hydrogen) atoms. The smallest absolute Gasteiger partial charge is 0.124 e. The van der Waals surface area contributed by atoms with Gasteiger partial charge in [0.2, 0.25) is 0 Å². The van der Waals surface area contributed by atoms with Crippen molar-refractivity contribution in [2.45, 2.75) is 13.0 Å². The molecule has 0 aliphatic carbocycles. The van der Waals surface area contributed by atoms with Crippen LogP contribution in [0.1, 0.15) is 24.1 Å². The van der Waals surface area contributed by atoms with E-state index in [9.17, 15) is 5.11 Å². The molecule has 2 nitrogen and oxygen atoms in total. The van der Waals surface area contributed by atoms with Gasteiger partial charge in [0.25, 0.3) is 0 Å². The van der Waals surface area contributed by atoms with Crippen LogP contribution < -0.4 is 0 Å². The first-order chi connectivity index (χ1) is 8.66. The van der Waals surface area contributed by atoms with Crippen LogP contribution in [0.15, 0.2) is 53.5 Å². The van der Waals surface area contributed by atoms with Gasteiger partial charge in [-0.15, -0.1) is 0 Å². The Balaban J connectivity index is 2.17. The SMILES string of the molecule is C[C@H](N=Cc1ccccc1O)c1cccc(Cl)c1. The number of phenols is 1. The minimum atomic E-state index is 0.00306. The highest BCUT2D eigenvalue weighted by atomic mass is 35.5. The summed E-state index contributed by atoms with van der Waals surface area (Å²) >= 11 is 5.94. The molecule has 0 aliphatic heterocycles. The number of nitrogens with zero attached hydrogens (tertiary/aromatic N) is 1. The molecule has 3 heteroatoms. The van der Waals surface area contributed by atoms with Gasteiger partial charge in [0.15, 0.2) is 0 Å². The van der Waals surface area contributed by atoms with Gasteiger partial charge in [0.05, 0.1) is 6.04 Å². The van der Waals surface area contributed by atoms with E-state index in [1.807, 2.05) is 43.3 Å². The van der Waals surface area contributed by atoms with Crippen molar-refractivity contribution in [2.24, 2.45) is 4.99 Å². The zero-order valence-corrected chi connectivity index (χ0v) is 10.8. The zero-order chi connectivity index (χ0) is 13.0. The van der Waals surface area contributed by atoms with Gasteiger partial charge >= 0.3 is 0 Å². The summed E-state index contributed by atoms with van der Waals surface area (Å²) < 4.78 is 0. The normalized spacial score (nSPS) is 12.8. The monoisotopic (exact) mass is 259 g/mol. The third kappa shape index (κ3) is 3.11. The van der Waals surface area contributed by atoms with E-state index in [4.69, 9.17) is 11.6 Å². The topological polar surface area (TPSA) is 32.6 Å². The van der Waals surface area contributed by atoms with Crippen molar-refractivity contribution < 1.29 is 5.11 Å². The molecule has 0 saturated heterocycles. The molecule has 0 bridgehead atoms. The quantitative estimate of drug-likeness (QED) is 0.822. The fraction of sp³-hybridized carbons (Fsp3) is 0.133. The van der Waals surface area contributed by atoms with E-state index in [1.54, 1.807) is 18.3 Å². The second-order valence-electron chi connectivity index (χ2n) is 4.07. The van der Waals surface area contributed by atoms with Crippen molar-refractivity contribution in [1.82, 2.24) is 0 Å². The van der Waals surface area contributed by atoms with Crippen molar-refractivity contribution in [3.05, 3.63) is 64.7 Å². The zero-order valence-electron chi connectivity index (χ0n) is 10.0. The lowest BCUT2D eigenvalue weighted by Gasteiger charge is -2.07. The van der Waals surface area contributed by atoms with Crippen molar-refractivity contribution in [3.63, 3.8) is 0 Å². The number of phenolic OH excluding ortho intramolecular Hbond substituents is 1. The molecular weight excluding hydrogens is 246 g/mol. The molecule has 0 amide bonds. The molecule has 1 atom stereocenters. The molecule has 2 aromatic carbocycles. The summed E-state index contributed by atoms with van der Waals surface area (Å²) in [5.41, 5.74) is 1.76. The first-order valence-corrected chi connectivity index (χ1v) is 6.11. The van der Waals surface area contributed by atoms with E-state index in [0.29, 0.717) is 10.6 Å². The summed E-state index contributed by atoms with van der Waals surface area (Å²) in [6.45, 7) is 1.99. The van der Waals surface area contributed by atoms with Crippen molar-refractivity contribution in [3.8, 4) is 5.75 Å². The third-order valence-electron chi connectivity index (χ3n) is 2.71. The second kappa shape index (κ2) is 5.69. The highest BCUT2D eigenvalue weighted by Gasteiger charge is 2.03. The van der Waals surface area contributed by atoms with Crippen LogP contribution in [-0.4, -0.2) is 11.3 Å². The fourth-order valence-corrected chi connectivity index (χ4v) is 1.84. The summed E-state index contributed by atoms with van der Waals surface area (Å²) in [5.74, 6) is 0.236. The predicted molar refractivity (Wildman–Crippen MR) is 75.6 cm³/mol. The molecule has 1 N–H and O–H groups in total. The molecular formula is C15H14ClNO. The molecule has 2 aromatic rings. The van der Waals surface area contributed by atoms with E-state index >= 15 is 0 Å². The van der Waals surface area contributed by atoms with Crippen LogP contribution >= 0.6 is 11.6 Å². The van der Waals surface area contributed by atoms with Gasteiger partial charge in [-0.05, 0) is 36.8 Å². The molecule has 2 rings (SSSR count). The molecule has 0 unspecified atom stereocenters. The van der Waals surface area contributed by atoms with Gasteiger partial charge in [-0.1, -0.05) is 35.9 Å². The predicted octanol–water partition coefficient (Wildman–Crippen LogP) is 4.23. The Morgan fingerprint density at radius 2 is 1.94 bits per heavy atom. The molecule has 0 spiro atoms. The Labute approximate surface area is 112 Å². The molecule has 0 radical (unpaired) electrons. The van der Waals surface area contributed by atoms with Crippen LogP contribution in [0, 0.1) is 0 Å². The molecule has 0 aliphatic rings. The van der Waals surface area contributed by atoms with Gasteiger partial charge in [0.1, 0.15) is 5.75 Å². The molecule has 0 fully saturated rings. The van der Waals surface area contributed by atoms with Gasteiger partial charge in [-0.25, -0.2) is 0 Å². The highest BCUT2D eigenvalue weighted by molar-refractivity contribution is 6.30. The molecule has 0 aromatic heterocycles. The minimum absolute atomic E-state index is 0.00306. The van der Waals surface area contributed by atoms with Crippen LogP contribution in [0.2, 0.25) is 5.02 Å². The summed E-state index contributed by atoms with van der Waals surface area (Å²) in [7, 11) is 0. The molecule has 92 valence electrons. The van der Waals surface area contributed by atoms with Crippen molar-refractivity contribution in [1.29, 1.82) is 0 Å². The number of para-hydroxylation sites is 1. The number of aromatic hydroxyl groups is 1. The van der Waals surface area contributed by atoms with Crippen molar-refractivity contribution >= 4 is 17.8 Å². The maximum atomic E-state index is 9.63. The maximum Gasteiger partial charge on any atom is 0.124 e. The van der Waals surface area contributed by atoms with Crippen LogP contribution in [0.25, 0.3) is 0 Å². The molecule has 0 saturated carbocycles. The second-order valence-corrected chi connectivity index (χ2v) is 4.50. The standard InChI is InChI=1S/C15H14ClNO/c1-11(12-6-4-7-14(16)9-12)17-10-13-5-2-3-8-15(13)18/h2-11,18H,1H3/t11-/m0/s1. The average molecular weight is 260 g/mol. The number of halogens is 1. The number of hydrogen-bond acceptors (Lipinski definition) is 2. The van der Waals surface area contributed by atoms with E-state index in [0.717, 1.165) is 5.56 Å². The van der Waals surface area contributed by atoms with E-state index < -0.39 is 0 Å². The lowest BCUT2D eigenvalue weighted by Crippen LogP contribution is -1.91. The first kappa shape index (κ1) is 12.7. The number of rotatable bonds is 3. The molecule has 0 heterocycles. The number of benzene rings is 2. The van der Waals surface area contributed by atoms with Crippen LogP contribution in [0.4, 0.5) is 0 Å². The van der Waals surface area contributed by atoms with Gasteiger partial charge in [-0.3, -0.25) is 4.99 Å². The number of aliphatic imine (C=N–C) groups is 1. The van der Waals surface area contributed by atoms with Crippen molar-refractivity contribution in [2.75, 3.05) is 0 Å². The Bertz CT molecular complexity index is 566. The lowest BCUT2D eigenvalue weighted by atomic mass is 10.1. The minimum Gasteiger partial charge on any atom is -0.507 e.